The molecule has 0 aromatic carbocycles. The molecule has 0 spiro atoms. The molecule has 16 heavy (non-hydrogen) atoms. The van der Waals surface area contributed by atoms with Crippen molar-refractivity contribution in [3.63, 3.8) is 0 Å². The SMILES string of the molecule is Cc1nc([C@@H](O)CCC(C)(C)C)cnc1N. The summed E-state index contributed by atoms with van der Waals surface area (Å²) in [7, 11) is 0. The van der Waals surface area contributed by atoms with Crippen LogP contribution >= 0.6 is 0 Å². The van der Waals surface area contributed by atoms with Crippen LogP contribution in [0.4, 0.5) is 5.82 Å². The van der Waals surface area contributed by atoms with E-state index in [0.717, 1.165) is 6.42 Å². The molecule has 0 saturated carbocycles. The summed E-state index contributed by atoms with van der Waals surface area (Å²) in [6, 6.07) is 0. The zero-order valence-corrected chi connectivity index (χ0v) is 10.5. The van der Waals surface area contributed by atoms with Gasteiger partial charge in [-0.25, -0.2) is 9.97 Å². The molecule has 1 aromatic heterocycles. The molecule has 90 valence electrons. The van der Waals surface area contributed by atoms with Crippen molar-refractivity contribution in [2.45, 2.75) is 46.6 Å². The maximum absolute atomic E-state index is 9.96. The number of aliphatic hydroxyl groups excluding tert-OH is 1. The quantitative estimate of drug-likeness (QED) is 0.824. The highest BCUT2D eigenvalue weighted by molar-refractivity contribution is 5.33. The van der Waals surface area contributed by atoms with Gasteiger partial charge in [-0.3, -0.25) is 0 Å². The van der Waals surface area contributed by atoms with Gasteiger partial charge in [-0.1, -0.05) is 20.8 Å². The van der Waals surface area contributed by atoms with Crippen molar-refractivity contribution in [2.24, 2.45) is 5.41 Å². The van der Waals surface area contributed by atoms with Gasteiger partial charge in [0, 0.05) is 0 Å². The van der Waals surface area contributed by atoms with E-state index in [9.17, 15) is 5.11 Å². The second kappa shape index (κ2) is 4.78. The third-order valence-corrected chi connectivity index (χ3v) is 2.51. The zero-order valence-electron chi connectivity index (χ0n) is 10.5. The normalized spacial score (nSPS) is 13.8. The highest BCUT2D eigenvalue weighted by Gasteiger charge is 2.16. The Balaban J connectivity index is 2.66. The van der Waals surface area contributed by atoms with Crippen molar-refractivity contribution >= 4 is 5.82 Å². The minimum absolute atomic E-state index is 0.220. The highest BCUT2D eigenvalue weighted by Crippen LogP contribution is 2.26. The monoisotopic (exact) mass is 223 g/mol. The van der Waals surface area contributed by atoms with Crippen molar-refractivity contribution in [2.75, 3.05) is 5.73 Å². The standard InChI is InChI=1S/C12H21N3O/c1-8-11(13)14-7-9(15-8)10(16)5-6-12(2,3)4/h7,10,16H,5-6H2,1-4H3,(H2,13,14)/t10-/m0/s1. The van der Waals surface area contributed by atoms with Crippen LogP contribution in [0.25, 0.3) is 0 Å². The molecule has 0 radical (unpaired) electrons. The Morgan fingerprint density at radius 3 is 2.56 bits per heavy atom. The third kappa shape index (κ3) is 3.77. The maximum Gasteiger partial charge on any atom is 0.144 e. The Hall–Kier alpha value is -1.16. The lowest BCUT2D eigenvalue weighted by Gasteiger charge is -2.20. The van der Waals surface area contributed by atoms with Crippen LogP contribution in [0.15, 0.2) is 6.20 Å². The van der Waals surface area contributed by atoms with Gasteiger partial charge in [0.1, 0.15) is 5.82 Å². The summed E-state index contributed by atoms with van der Waals surface area (Å²) < 4.78 is 0. The molecule has 1 rings (SSSR count). The molecule has 1 atom stereocenters. The summed E-state index contributed by atoms with van der Waals surface area (Å²) in [5, 5.41) is 9.96. The summed E-state index contributed by atoms with van der Waals surface area (Å²) in [5.74, 6) is 0.423. The van der Waals surface area contributed by atoms with E-state index in [4.69, 9.17) is 5.73 Å². The van der Waals surface area contributed by atoms with Gasteiger partial charge in [0.05, 0.1) is 23.7 Å². The molecule has 0 fully saturated rings. The summed E-state index contributed by atoms with van der Waals surface area (Å²) in [4.78, 5) is 8.24. The number of anilines is 1. The first-order valence-corrected chi connectivity index (χ1v) is 5.57. The van der Waals surface area contributed by atoms with E-state index in [1.165, 1.54) is 0 Å². The molecule has 4 nitrogen and oxygen atoms in total. The summed E-state index contributed by atoms with van der Waals surface area (Å²) in [6.45, 7) is 8.25. The molecule has 0 amide bonds. The van der Waals surface area contributed by atoms with E-state index < -0.39 is 6.10 Å². The molecule has 3 N–H and O–H groups in total. The fourth-order valence-electron chi connectivity index (χ4n) is 1.39. The molecule has 0 saturated heterocycles. The Kier molecular flexibility index (Phi) is 3.86. The third-order valence-electron chi connectivity index (χ3n) is 2.51. The van der Waals surface area contributed by atoms with Gasteiger partial charge in [0.25, 0.3) is 0 Å². The molecule has 0 aliphatic carbocycles. The van der Waals surface area contributed by atoms with Crippen molar-refractivity contribution in [1.82, 2.24) is 9.97 Å². The number of nitrogen functional groups attached to an aromatic ring is 1. The molecule has 0 bridgehead atoms. The van der Waals surface area contributed by atoms with Gasteiger partial charge >= 0.3 is 0 Å². The molecule has 0 aliphatic rings. The average Bonchev–Trinajstić information content (AvgIpc) is 2.17. The van der Waals surface area contributed by atoms with Gasteiger partial charge in [-0.15, -0.1) is 0 Å². The highest BCUT2D eigenvalue weighted by atomic mass is 16.3. The van der Waals surface area contributed by atoms with Crippen LogP contribution in [-0.4, -0.2) is 15.1 Å². The number of hydrogen-bond acceptors (Lipinski definition) is 4. The van der Waals surface area contributed by atoms with E-state index in [-0.39, 0.29) is 5.41 Å². The minimum atomic E-state index is -0.550. The van der Waals surface area contributed by atoms with Crippen molar-refractivity contribution in [1.29, 1.82) is 0 Å². The lowest BCUT2D eigenvalue weighted by molar-refractivity contribution is 0.143. The van der Waals surface area contributed by atoms with Gasteiger partial charge in [-0.05, 0) is 25.2 Å². The lowest BCUT2D eigenvalue weighted by Crippen LogP contribution is -2.10. The largest absolute Gasteiger partial charge is 0.387 e. The first kappa shape index (κ1) is 12.9. The van der Waals surface area contributed by atoms with Gasteiger partial charge in [0.2, 0.25) is 0 Å². The maximum atomic E-state index is 9.96. The second-order valence-corrected chi connectivity index (χ2v) is 5.38. The van der Waals surface area contributed by atoms with Gasteiger partial charge in [0.15, 0.2) is 0 Å². The number of aliphatic hydroxyl groups is 1. The van der Waals surface area contributed by atoms with E-state index in [0.29, 0.717) is 23.6 Å². The summed E-state index contributed by atoms with van der Waals surface area (Å²) in [6.07, 6.45) is 2.64. The van der Waals surface area contributed by atoms with Crippen LogP contribution in [0.3, 0.4) is 0 Å². The van der Waals surface area contributed by atoms with Crippen LogP contribution in [0.2, 0.25) is 0 Å². The molecular formula is C12H21N3O. The Morgan fingerprint density at radius 2 is 2.06 bits per heavy atom. The van der Waals surface area contributed by atoms with Gasteiger partial charge < -0.3 is 10.8 Å². The molecule has 0 unspecified atom stereocenters. The first-order valence-electron chi connectivity index (χ1n) is 5.57. The van der Waals surface area contributed by atoms with Gasteiger partial charge in [-0.2, -0.15) is 0 Å². The predicted octanol–water partition coefficient (Wildman–Crippen LogP) is 2.23. The first-order chi connectivity index (χ1) is 7.29. The predicted molar refractivity (Wildman–Crippen MR) is 64.8 cm³/mol. The molecule has 4 heteroatoms. The number of hydrogen-bond donors (Lipinski definition) is 2. The number of rotatable bonds is 3. The smallest absolute Gasteiger partial charge is 0.144 e. The van der Waals surface area contributed by atoms with Crippen LogP contribution < -0.4 is 5.73 Å². The zero-order chi connectivity index (χ0) is 12.3. The fraction of sp³-hybridized carbons (Fsp3) is 0.667. The number of nitrogens with zero attached hydrogens (tertiary/aromatic N) is 2. The van der Waals surface area contributed by atoms with Crippen molar-refractivity contribution < 1.29 is 5.11 Å². The average molecular weight is 223 g/mol. The van der Waals surface area contributed by atoms with Crippen LogP contribution in [0.5, 0.6) is 0 Å². The fourth-order valence-corrected chi connectivity index (χ4v) is 1.39. The number of aryl methyl sites for hydroxylation is 1. The number of nitrogens with two attached hydrogens (primary N) is 1. The van der Waals surface area contributed by atoms with Crippen molar-refractivity contribution in [3.8, 4) is 0 Å². The van der Waals surface area contributed by atoms with Crippen molar-refractivity contribution in [3.05, 3.63) is 17.6 Å². The van der Waals surface area contributed by atoms with Crippen LogP contribution in [0, 0.1) is 12.3 Å². The molecule has 1 heterocycles. The van der Waals surface area contributed by atoms with Crippen LogP contribution in [-0.2, 0) is 0 Å². The minimum Gasteiger partial charge on any atom is -0.387 e. The second-order valence-electron chi connectivity index (χ2n) is 5.38. The van der Waals surface area contributed by atoms with Crippen LogP contribution in [0.1, 0.15) is 51.1 Å². The molecule has 0 aliphatic heterocycles. The van der Waals surface area contributed by atoms with E-state index in [2.05, 4.69) is 30.7 Å². The van der Waals surface area contributed by atoms with E-state index in [1.807, 2.05) is 0 Å². The van der Waals surface area contributed by atoms with E-state index in [1.54, 1.807) is 13.1 Å². The summed E-state index contributed by atoms with van der Waals surface area (Å²) in [5.41, 5.74) is 7.08. The van der Waals surface area contributed by atoms with E-state index >= 15 is 0 Å². The molecule has 1 aromatic rings. The Bertz CT molecular complexity index is 358. The Labute approximate surface area is 96.9 Å². The lowest BCUT2D eigenvalue weighted by atomic mass is 9.89. The Morgan fingerprint density at radius 1 is 1.44 bits per heavy atom. The topological polar surface area (TPSA) is 72.0 Å². The number of aromatic nitrogens is 2. The summed E-state index contributed by atoms with van der Waals surface area (Å²) >= 11 is 0. The molecular weight excluding hydrogens is 202 g/mol.